The molecule has 3 N–H and O–H groups in total. The van der Waals surface area contributed by atoms with Crippen molar-refractivity contribution in [2.45, 2.75) is 19.0 Å². The lowest BCUT2D eigenvalue weighted by atomic mass is 9.96. The number of nitrogens with zero attached hydrogens (tertiary/aromatic N) is 1. The lowest BCUT2D eigenvalue weighted by Crippen LogP contribution is -2.42. The van der Waals surface area contributed by atoms with Crippen LogP contribution in [0.25, 0.3) is 0 Å². The second kappa shape index (κ2) is 5.63. The van der Waals surface area contributed by atoms with E-state index >= 15 is 0 Å². The summed E-state index contributed by atoms with van der Waals surface area (Å²) in [5.41, 5.74) is 5.63. The van der Waals surface area contributed by atoms with Gasteiger partial charge in [-0.05, 0) is 25.0 Å². The second-order valence-corrected chi connectivity index (χ2v) is 5.44. The standard InChI is InChI=1S/C13H14ClF3N2O2/c14-10-5-8(18)4-9(12(20)21)11(10)19-3-1-2-7(6-19)13(15,16)17/h4-5,7H,1-3,6,18H2,(H,20,21). The van der Waals surface area contributed by atoms with Gasteiger partial charge in [0, 0.05) is 18.8 Å². The van der Waals surface area contributed by atoms with Gasteiger partial charge in [-0.15, -0.1) is 0 Å². The quantitative estimate of drug-likeness (QED) is 0.819. The van der Waals surface area contributed by atoms with Crippen LogP contribution in [0.4, 0.5) is 24.5 Å². The molecule has 0 spiro atoms. The monoisotopic (exact) mass is 322 g/mol. The van der Waals surface area contributed by atoms with Crippen LogP contribution in [0.15, 0.2) is 12.1 Å². The summed E-state index contributed by atoms with van der Waals surface area (Å²) in [5, 5.41) is 9.26. The van der Waals surface area contributed by atoms with Gasteiger partial charge in [0.25, 0.3) is 0 Å². The number of hydrogen-bond donors (Lipinski definition) is 2. The molecule has 1 heterocycles. The molecule has 21 heavy (non-hydrogen) atoms. The normalized spacial score (nSPS) is 19.6. The maximum absolute atomic E-state index is 12.9. The Morgan fingerprint density at radius 3 is 2.67 bits per heavy atom. The zero-order valence-electron chi connectivity index (χ0n) is 11.0. The van der Waals surface area contributed by atoms with E-state index < -0.39 is 18.1 Å². The molecule has 1 aliphatic heterocycles. The number of hydrogen-bond acceptors (Lipinski definition) is 3. The zero-order chi connectivity index (χ0) is 15.8. The van der Waals surface area contributed by atoms with Crippen LogP contribution in [0.5, 0.6) is 0 Å². The van der Waals surface area contributed by atoms with E-state index in [0.717, 1.165) is 0 Å². The first-order valence-electron chi connectivity index (χ1n) is 6.34. The Hall–Kier alpha value is -1.63. The third kappa shape index (κ3) is 3.34. The molecular weight excluding hydrogens is 309 g/mol. The van der Waals surface area contributed by atoms with Gasteiger partial charge in [0.1, 0.15) is 0 Å². The lowest BCUT2D eigenvalue weighted by molar-refractivity contribution is -0.175. The van der Waals surface area contributed by atoms with E-state index in [1.807, 2.05) is 0 Å². The van der Waals surface area contributed by atoms with E-state index in [2.05, 4.69) is 0 Å². The summed E-state index contributed by atoms with van der Waals surface area (Å²) >= 11 is 6.01. The van der Waals surface area contributed by atoms with E-state index in [0.29, 0.717) is 13.0 Å². The number of aromatic carboxylic acids is 1. The minimum Gasteiger partial charge on any atom is -0.478 e. The second-order valence-electron chi connectivity index (χ2n) is 5.03. The van der Waals surface area contributed by atoms with Crippen molar-refractivity contribution in [1.82, 2.24) is 0 Å². The van der Waals surface area contributed by atoms with Gasteiger partial charge in [0.15, 0.2) is 0 Å². The molecule has 1 fully saturated rings. The smallest absolute Gasteiger partial charge is 0.393 e. The fourth-order valence-corrected chi connectivity index (χ4v) is 2.90. The van der Waals surface area contributed by atoms with Crippen molar-refractivity contribution >= 4 is 28.9 Å². The largest absolute Gasteiger partial charge is 0.478 e. The Morgan fingerprint density at radius 1 is 1.43 bits per heavy atom. The van der Waals surface area contributed by atoms with Crippen LogP contribution < -0.4 is 10.6 Å². The van der Waals surface area contributed by atoms with E-state index in [1.165, 1.54) is 17.0 Å². The number of anilines is 2. The van der Waals surface area contributed by atoms with E-state index in [-0.39, 0.29) is 34.9 Å². The number of benzene rings is 1. The molecule has 0 aliphatic carbocycles. The molecule has 0 radical (unpaired) electrons. The van der Waals surface area contributed by atoms with Crippen molar-refractivity contribution in [1.29, 1.82) is 0 Å². The maximum Gasteiger partial charge on any atom is 0.393 e. The van der Waals surface area contributed by atoms with Crippen LogP contribution >= 0.6 is 11.6 Å². The van der Waals surface area contributed by atoms with Crippen molar-refractivity contribution in [3.05, 3.63) is 22.7 Å². The summed E-state index contributed by atoms with van der Waals surface area (Å²) in [5.74, 6) is -2.75. The van der Waals surface area contributed by atoms with Crippen LogP contribution in [0.1, 0.15) is 23.2 Å². The van der Waals surface area contributed by atoms with Gasteiger partial charge in [0.05, 0.1) is 22.2 Å². The first kappa shape index (κ1) is 15.8. The molecule has 4 nitrogen and oxygen atoms in total. The molecule has 116 valence electrons. The molecule has 0 bridgehead atoms. The Balaban J connectivity index is 2.39. The Bertz CT molecular complexity index is 563. The number of halogens is 4. The number of carbonyl (C=O) groups is 1. The number of rotatable bonds is 2. The predicted molar refractivity (Wildman–Crippen MR) is 73.8 cm³/mol. The van der Waals surface area contributed by atoms with Crippen molar-refractivity contribution in [3.63, 3.8) is 0 Å². The van der Waals surface area contributed by atoms with Crippen LogP contribution in [0.2, 0.25) is 5.02 Å². The fourth-order valence-electron chi connectivity index (χ4n) is 2.55. The van der Waals surface area contributed by atoms with Gasteiger partial charge in [-0.2, -0.15) is 13.2 Å². The third-order valence-corrected chi connectivity index (χ3v) is 3.80. The number of nitrogen functional groups attached to an aromatic ring is 1. The lowest BCUT2D eigenvalue weighted by Gasteiger charge is -2.36. The van der Waals surface area contributed by atoms with E-state index in [4.69, 9.17) is 17.3 Å². The molecular formula is C13H14ClF3N2O2. The molecule has 0 aromatic heterocycles. The van der Waals surface area contributed by atoms with Gasteiger partial charge >= 0.3 is 12.1 Å². The van der Waals surface area contributed by atoms with Gasteiger partial charge in [-0.3, -0.25) is 0 Å². The highest BCUT2D eigenvalue weighted by Gasteiger charge is 2.42. The SMILES string of the molecule is Nc1cc(Cl)c(N2CCCC(C(F)(F)F)C2)c(C(=O)O)c1. The van der Waals surface area contributed by atoms with Crippen molar-refractivity contribution in [2.75, 3.05) is 23.7 Å². The molecule has 0 saturated carbocycles. The Kier molecular flexibility index (Phi) is 4.22. The molecule has 1 aromatic rings. The summed E-state index contributed by atoms with van der Waals surface area (Å²) in [6, 6.07) is 2.56. The van der Waals surface area contributed by atoms with Gasteiger partial charge in [-0.1, -0.05) is 11.6 Å². The van der Waals surface area contributed by atoms with Gasteiger partial charge < -0.3 is 15.7 Å². The highest BCUT2D eigenvalue weighted by molar-refractivity contribution is 6.34. The van der Waals surface area contributed by atoms with Gasteiger partial charge in [0.2, 0.25) is 0 Å². The van der Waals surface area contributed by atoms with E-state index in [9.17, 15) is 23.1 Å². The van der Waals surface area contributed by atoms with Crippen LogP contribution in [0.3, 0.4) is 0 Å². The number of carboxylic acid groups (broad SMARTS) is 1. The highest BCUT2D eigenvalue weighted by Crippen LogP contribution is 2.39. The molecule has 1 atom stereocenters. The zero-order valence-corrected chi connectivity index (χ0v) is 11.7. The van der Waals surface area contributed by atoms with Crippen molar-refractivity contribution < 1.29 is 23.1 Å². The van der Waals surface area contributed by atoms with Crippen molar-refractivity contribution in [3.8, 4) is 0 Å². The van der Waals surface area contributed by atoms with Crippen LogP contribution in [0, 0.1) is 5.92 Å². The number of carboxylic acids is 1. The Morgan fingerprint density at radius 2 is 2.10 bits per heavy atom. The first-order valence-corrected chi connectivity index (χ1v) is 6.72. The number of nitrogens with two attached hydrogens (primary N) is 1. The minimum absolute atomic E-state index is 0.0367. The average molecular weight is 323 g/mol. The van der Waals surface area contributed by atoms with Crippen LogP contribution in [-0.4, -0.2) is 30.3 Å². The summed E-state index contributed by atoms with van der Waals surface area (Å²) in [4.78, 5) is 12.7. The molecule has 1 unspecified atom stereocenters. The Labute approximate surface area is 124 Å². The van der Waals surface area contributed by atoms with Gasteiger partial charge in [-0.25, -0.2) is 4.79 Å². The molecule has 2 rings (SSSR count). The topological polar surface area (TPSA) is 66.6 Å². The molecule has 1 saturated heterocycles. The summed E-state index contributed by atoms with van der Waals surface area (Å²) < 4.78 is 38.6. The summed E-state index contributed by atoms with van der Waals surface area (Å²) in [6.07, 6.45) is -3.94. The number of piperidine rings is 1. The summed E-state index contributed by atoms with van der Waals surface area (Å²) in [6.45, 7) is 0.0317. The molecule has 8 heteroatoms. The molecule has 1 aliphatic rings. The third-order valence-electron chi connectivity index (χ3n) is 3.52. The molecule has 1 aromatic carbocycles. The molecule has 0 amide bonds. The van der Waals surface area contributed by atoms with Crippen molar-refractivity contribution in [2.24, 2.45) is 5.92 Å². The fraction of sp³-hybridized carbons (Fsp3) is 0.462. The van der Waals surface area contributed by atoms with E-state index in [1.54, 1.807) is 0 Å². The predicted octanol–water partition coefficient (Wildman–Crippen LogP) is 3.40. The average Bonchev–Trinajstić information content (AvgIpc) is 2.36. The summed E-state index contributed by atoms with van der Waals surface area (Å²) in [7, 11) is 0. The number of alkyl halides is 3. The first-order chi connectivity index (χ1) is 9.70. The maximum atomic E-state index is 12.9. The van der Waals surface area contributed by atoms with Crippen LogP contribution in [-0.2, 0) is 0 Å². The highest BCUT2D eigenvalue weighted by atomic mass is 35.5. The minimum atomic E-state index is -4.30.